The Bertz CT molecular complexity index is 1080. The number of rotatable bonds is 7. The van der Waals surface area contributed by atoms with E-state index in [0.29, 0.717) is 18.7 Å². The average molecular weight is 411 g/mol. The minimum atomic E-state index is -0.0246. The number of amides is 1. The maximum atomic E-state index is 13.3. The number of carbonyl (C=O) groups excluding carboxylic acids is 1. The molecule has 4 nitrogen and oxygen atoms in total. The Balaban J connectivity index is 1.51. The normalized spacial score (nSPS) is 14.5. The van der Waals surface area contributed by atoms with Gasteiger partial charge in [0, 0.05) is 6.54 Å². The fourth-order valence-corrected chi connectivity index (χ4v) is 4.14. The van der Waals surface area contributed by atoms with Crippen LogP contribution < -0.4 is 4.74 Å². The molecule has 0 N–H and O–H groups in total. The number of hydrogen-bond acceptors (Lipinski definition) is 3. The molecule has 1 aliphatic rings. The highest BCUT2D eigenvalue weighted by molar-refractivity contribution is 5.78. The summed E-state index contributed by atoms with van der Waals surface area (Å²) >= 11 is 0. The van der Waals surface area contributed by atoms with Gasteiger partial charge in [-0.15, -0.1) is 0 Å². The van der Waals surface area contributed by atoms with Gasteiger partial charge in [0.2, 0.25) is 0 Å². The average Bonchev–Trinajstić information content (AvgIpc) is 3.22. The van der Waals surface area contributed by atoms with E-state index in [2.05, 4.69) is 55.5 Å². The van der Waals surface area contributed by atoms with E-state index in [1.165, 1.54) is 16.7 Å². The molecular weight excluding hydrogens is 384 g/mol. The highest BCUT2D eigenvalue weighted by Gasteiger charge is 2.31. The highest BCUT2D eigenvalue weighted by Crippen LogP contribution is 2.36. The third-order valence-corrected chi connectivity index (χ3v) is 5.84. The summed E-state index contributed by atoms with van der Waals surface area (Å²) in [5, 5.41) is 8.80. The Hall–Kier alpha value is -3.58. The molecule has 156 valence electrons. The molecule has 4 heteroatoms. The molecule has 0 bridgehead atoms. The molecule has 0 saturated carbocycles. The van der Waals surface area contributed by atoms with Gasteiger partial charge in [-0.3, -0.25) is 4.79 Å². The van der Waals surface area contributed by atoms with Crippen LogP contribution in [0.2, 0.25) is 0 Å². The zero-order chi connectivity index (χ0) is 21.6. The van der Waals surface area contributed by atoms with Crippen molar-refractivity contribution < 1.29 is 9.53 Å². The van der Waals surface area contributed by atoms with E-state index in [-0.39, 0.29) is 18.6 Å². The number of nitriles is 1. The first kappa shape index (κ1) is 20.7. The van der Waals surface area contributed by atoms with Crippen LogP contribution in [-0.4, -0.2) is 17.4 Å². The molecule has 4 rings (SSSR count). The van der Waals surface area contributed by atoms with Gasteiger partial charge in [-0.05, 0) is 54.2 Å². The molecule has 3 aromatic rings. The number of ether oxygens (including phenoxy) is 1. The number of aryl methyl sites for hydroxylation is 2. The minimum absolute atomic E-state index is 0.0118. The zero-order valence-electron chi connectivity index (χ0n) is 17.8. The summed E-state index contributed by atoms with van der Waals surface area (Å²) in [5.41, 5.74) is 5.82. The third-order valence-electron chi connectivity index (χ3n) is 5.84. The van der Waals surface area contributed by atoms with Crippen LogP contribution in [0.4, 0.5) is 0 Å². The van der Waals surface area contributed by atoms with Crippen molar-refractivity contribution in [3.05, 3.63) is 101 Å². The summed E-state index contributed by atoms with van der Waals surface area (Å²) < 4.78 is 5.81. The van der Waals surface area contributed by atoms with Gasteiger partial charge in [-0.25, -0.2) is 0 Å². The number of carbonyl (C=O) groups is 1. The van der Waals surface area contributed by atoms with Crippen molar-refractivity contribution in [1.29, 1.82) is 5.26 Å². The van der Waals surface area contributed by atoms with Gasteiger partial charge in [0.05, 0.1) is 18.5 Å². The monoisotopic (exact) mass is 410 g/mol. The molecular formula is C27H26N2O2. The molecule has 0 heterocycles. The van der Waals surface area contributed by atoms with Crippen molar-refractivity contribution in [2.24, 2.45) is 0 Å². The molecule has 0 spiro atoms. The second-order valence-corrected chi connectivity index (χ2v) is 8.03. The van der Waals surface area contributed by atoms with Gasteiger partial charge >= 0.3 is 0 Å². The van der Waals surface area contributed by atoms with E-state index in [0.717, 1.165) is 24.0 Å². The summed E-state index contributed by atoms with van der Waals surface area (Å²) in [5.74, 6) is 0.612. The minimum Gasteiger partial charge on any atom is -0.484 e. The van der Waals surface area contributed by atoms with Gasteiger partial charge in [-0.1, -0.05) is 66.2 Å². The van der Waals surface area contributed by atoms with E-state index in [4.69, 9.17) is 10.00 Å². The fourth-order valence-electron chi connectivity index (χ4n) is 4.14. The maximum Gasteiger partial charge on any atom is 0.261 e. The lowest BCUT2D eigenvalue weighted by molar-refractivity contribution is -0.136. The molecule has 31 heavy (non-hydrogen) atoms. The van der Waals surface area contributed by atoms with Crippen LogP contribution in [0.1, 0.15) is 40.3 Å². The number of benzene rings is 3. The zero-order valence-corrected chi connectivity index (χ0v) is 17.8. The first-order valence-corrected chi connectivity index (χ1v) is 10.7. The van der Waals surface area contributed by atoms with E-state index in [1.54, 1.807) is 0 Å². The fraction of sp³-hybridized carbons (Fsp3) is 0.259. The molecule has 0 saturated heterocycles. The number of fused-ring (bicyclic) bond motifs is 1. The molecule has 0 fully saturated rings. The van der Waals surface area contributed by atoms with Crippen LogP contribution in [0, 0.1) is 18.3 Å². The van der Waals surface area contributed by atoms with Crippen molar-refractivity contribution >= 4 is 5.91 Å². The number of hydrogen-bond donors (Lipinski definition) is 0. The Morgan fingerprint density at radius 1 is 1.03 bits per heavy atom. The topological polar surface area (TPSA) is 53.3 Å². The van der Waals surface area contributed by atoms with Crippen molar-refractivity contribution in [2.75, 3.05) is 6.61 Å². The van der Waals surface area contributed by atoms with Gasteiger partial charge in [0.25, 0.3) is 5.91 Å². The lowest BCUT2D eigenvalue weighted by Gasteiger charge is -2.30. The molecule has 1 aliphatic carbocycles. The van der Waals surface area contributed by atoms with Crippen LogP contribution in [0.5, 0.6) is 5.75 Å². The van der Waals surface area contributed by atoms with Gasteiger partial charge in [-0.2, -0.15) is 5.26 Å². The summed E-state index contributed by atoms with van der Waals surface area (Å²) in [6.07, 6.45) is 2.28. The predicted molar refractivity (Wildman–Crippen MR) is 120 cm³/mol. The van der Waals surface area contributed by atoms with Gasteiger partial charge in [0.1, 0.15) is 5.75 Å². The van der Waals surface area contributed by atoms with E-state index < -0.39 is 0 Å². The van der Waals surface area contributed by atoms with Gasteiger partial charge < -0.3 is 9.64 Å². The highest BCUT2D eigenvalue weighted by atomic mass is 16.5. The van der Waals surface area contributed by atoms with Crippen LogP contribution in [0.3, 0.4) is 0 Å². The van der Waals surface area contributed by atoms with Crippen LogP contribution in [-0.2, 0) is 24.2 Å². The Labute approximate surface area is 183 Å². The maximum absolute atomic E-state index is 13.3. The first-order chi connectivity index (χ1) is 15.1. The van der Waals surface area contributed by atoms with E-state index in [9.17, 15) is 4.79 Å². The molecule has 0 aromatic heterocycles. The Morgan fingerprint density at radius 2 is 1.74 bits per heavy atom. The molecule has 1 unspecified atom stereocenters. The van der Waals surface area contributed by atoms with E-state index in [1.807, 2.05) is 35.2 Å². The second kappa shape index (κ2) is 9.49. The molecule has 1 atom stereocenters. The summed E-state index contributed by atoms with van der Waals surface area (Å²) in [6.45, 7) is 2.61. The third kappa shape index (κ3) is 4.95. The van der Waals surface area contributed by atoms with Crippen molar-refractivity contribution in [2.45, 2.75) is 38.8 Å². The molecule has 1 amide bonds. The van der Waals surface area contributed by atoms with Crippen LogP contribution in [0.15, 0.2) is 72.8 Å². The SMILES string of the molecule is Cc1ccc(CN(C(=O)COc2ccc(CC#N)cc2)C2CCc3ccccc32)cc1. The Morgan fingerprint density at radius 3 is 2.48 bits per heavy atom. The van der Waals surface area contributed by atoms with E-state index >= 15 is 0 Å². The molecule has 3 aromatic carbocycles. The van der Waals surface area contributed by atoms with Crippen LogP contribution >= 0.6 is 0 Å². The second-order valence-electron chi connectivity index (χ2n) is 8.03. The van der Waals surface area contributed by atoms with Crippen molar-refractivity contribution in [3.8, 4) is 11.8 Å². The van der Waals surface area contributed by atoms with Gasteiger partial charge in [0.15, 0.2) is 6.61 Å². The van der Waals surface area contributed by atoms with Crippen LogP contribution in [0.25, 0.3) is 0 Å². The molecule has 0 radical (unpaired) electrons. The largest absolute Gasteiger partial charge is 0.484 e. The lowest BCUT2D eigenvalue weighted by atomic mass is 10.1. The van der Waals surface area contributed by atoms with Crippen molar-refractivity contribution in [1.82, 2.24) is 4.90 Å². The lowest BCUT2D eigenvalue weighted by Crippen LogP contribution is -2.37. The summed E-state index contributed by atoms with van der Waals surface area (Å²) in [4.78, 5) is 15.3. The quantitative estimate of drug-likeness (QED) is 0.541. The number of nitrogens with zero attached hydrogens (tertiary/aromatic N) is 2. The Kier molecular flexibility index (Phi) is 6.33. The summed E-state index contributed by atoms with van der Waals surface area (Å²) in [7, 11) is 0. The molecule has 0 aliphatic heterocycles. The predicted octanol–water partition coefficient (Wildman–Crippen LogP) is 5.16. The first-order valence-electron chi connectivity index (χ1n) is 10.7. The summed E-state index contributed by atoms with van der Waals surface area (Å²) in [6, 6.07) is 26.3. The van der Waals surface area contributed by atoms with Crippen molar-refractivity contribution in [3.63, 3.8) is 0 Å². The standard InChI is InChI=1S/C27H26N2O2/c1-20-6-8-22(9-7-20)18-29(26-15-12-23-4-2-3-5-25(23)26)27(30)19-31-24-13-10-21(11-14-24)16-17-28/h2-11,13-14,26H,12,15-16,18-19H2,1H3. The smallest absolute Gasteiger partial charge is 0.261 e.